The molecule has 110 valence electrons. The predicted molar refractivity (Wildman–Crippen MR) is 80.6 cm³/mol. The van der Waals surface area contributed by atoms with E-state index in [0.29, 0.717) is 12.6 Å². The van der Waals surface area contributed by atoms with Crippen LogP contribution in [0, 0.1) is 5.82 Å². The molecule has 2 fully saturated rings. The summed E-state index contributed by atoms with van der Waals surface area (Å²) in [7, 11) is 0. The van der Waals surface area contributed by atoms with Crippen molar-refractivity contribution < 1.29 is 4.39 Å². The highest BCUT2D eigenvalue weighted by Crippen LogP contribution is 2.30. The van der Waals surface area contributed by atoms with Crippen LogP contribution in [0.15, 0.2) is 18.2 Å². The van der Waals surface area contributed by atoms with Crippen molar-refractivity contribution in [2.45, 2.75) is 31.7 Å². The van der Waals surface area contributed by atoms with Gasteiger partial charge >= 0.3 is 0 Å². The summed E-state index contributed by atoms with van der Waals surface area (Å²) in [6.45, 7) is 4.91. The van der Waals surface area contributed by atoms with Crippen LogP contribution in [0.5, 0.6) is 0 Å². The fourth-order valence-corrected chi connectivity index (χ4v) is 3.62. The van der Waals surface area contributed by atoms with Crippen LogP contribution < -0.4 is 10.6 Å². The van der Waals surface area contributed by atoms with E-state index >= 15 is 0 Å². The van der Waals surface area contributed by atoms with E-state index in [0.717, 1.165) is 37.2 Å². The average Bonchev–Trinajstić information content (AvgIpc) is 3.10. The molecule has 0 aliphatic carbocycles. The smallest absolute Gasteiger partial charge is 0.146 e. The summed E-state index contributed by atoms with van der Waals surface area (Å²) in [5, 5.41) is 0. The number of hydrogen-bond donors (Lipinski definition) is 1. The number of nitrogens with zero attached hydrogens (tertiary/aromatic N) is 2. The van der Waals surface area contributed by atoms with Crippen LogP contribution in [0.3, 0.4) is 0 Å². The summed E-state index contributed by atoms with van der Waals surface area (Å²) in [5.74, 6) is -0.0991. The topological polar surface area (TPSA) is 32.5 Å². The number of likely N-dealkylation sites (tertiary alicyclic amines) is 1. The van der Waals surface area contributed by atoms with Crippen LogP contribution in [-0.2, 0) is 6.42 Å². The van der Waals surface area contributed by atoms with E-state index < -0.39 is 0 Å². The Morgan fingerprint density at radius 2 is 2.00 bits per heavy atom. The van der Waals surface area contributed by atoms with E-state index in [9.17, 15) is 4.39 Å². The fourth-order valence-electron chi connectivity index (χ4n) is 3.62. The van der Waals surface area contributed by atoms with Gasteiger partial charge in [0.1, 0.15) is 5.82 Å². The van der Waals surface area contributed by atoms with Crippen LogP contribution in [0.25, 0.3) is 0 Å². The van der Waals surface area contributed by atoms with E-state index in [1.807, 2.05) is 6.07 Å². The third kappa shape index (κ3) is 2.67. The minimum absolute atomic E-state index is 0.0991. The Balaban J connectivity index is 1.76. The zero-order valence-electron chi connectivity index (χ0n) is 12.0. The fraction of sp³-hybridized carbons (Fsp3) is 0.625. The lowest BCUT2D eigenvalue weighted by molar-refractivity contribution is 0.260. The molecule has 1 unspecified atom stereocenters. The van der Waals surface area contributed by atoms with E-state index in [1.54, 1.807) is 12.1 Å². The van der Waals surface area contributed by atoms with Crippen molar-refractivity contribution in [3.8, 4) is 0 Å². The molecule has 3 rings (SSSR count). The van der Waals surface area contributed by atoms with Gasteiger partial charge in [0.25, 0.3) is 0 Å². The molecule has 0 bridgehead atoms. The summed E-state index contributed by atoms with van der Waals surface area (Å²) in [4.78, 5) is 4.80. The molecule has 1 aromatic carbocycles. The van der Waals surface area contributed by atoms with Gasteiger partial charge in [-0.05, 0) is 56.9 Å². The molecule has 0 spiro atoms. The summed E-state index contributed by atoms with van der Waals surface area (Å²) < 4.78 is 14.2. The molecule has 1 aromatic rings. The van der Waals surface area contributed by atoms with Gasteiger partial charge < -0.3 is 10.6 Å². The second-order valence-corrected chi connectivity index (χ2v) is 5.92. The first-order valence-corrected chi connectivity index (χ1v) is 7.76. The molecule has 1 atom stereocenters. The Morgan fingerprint density at radius 1 is 1.20 bits per heavy atom. The number of rotatable bonds is 4. The van der Waals surface area contributed by atoms with Crippen LogP contribution >= 0.6 is 0 Å². The van der Waals surface area contributed by atoms with Gasteiger partial charge in [-0.1, -0.05) is 12.1 Å². The van der Waals surface area contributed by atoms with Gasteiger partial charge in [0.2, 0.25) is 0 Å². The van der Waals surface area contributed by atoms with Crippen LogP contribution in [0.2, 0.25) is 0 Å². The first-order chi connectivity index (χ1) is 9.79. The van der Waals surface area contributed by atoms with Crippen molar-refractivity contribution >= 4 is 5.69 Å². The zero-order chi connectivity index (χ0) is 13.9. The monoisotopic (exact) mass is 277 g/mol. The summed E-state index contributed by atoms with van der Waals surface area (Å²) in [6, 6.07) is 5.97. The molecule has 2 N–H and O–H groups in total. The van der Waals surface area contributed by atoms with Gasteiger partial charge in [0, 0.05) is 19.1 Å². The van der Waals surface area contributed by atoms with Crippen LogP contribution in [-0.4, -0.2) is 43.7 Å². The van der Waals surface area contributed by atoms with Gasteiger partial charge in [0.05, 0.1) is 5.69 Å². The van der Waals surface area contributed by atoms with Crippen molar-refractivity contribution in [3.63, 3.8) is 0 Å². The Hall–Kier alpha value is -1.13. The first kappa shape index (κ1) is 13.8. The van der Waals surface area contributed by atoms with E-state index in [2.05, 4.69) is 9.80 Å². The van der Waals surface area contributed by atoms with E-state index in [4.69, 9.17) is 5.73 Å². The van der Waals surface area contributed by atoms with Crippen molar-refractivity contribution in [3.05, 3.63) is 29.6 Å². The van der Waals surface area contributed by atoms with Crippen LogP contribution in [0.1, 0.15) is 24.8 Å². The lowest BCUT2D eigenvalue weighted by atomic mass is 10.1. The number of halogens is 1. The van der Waals surface area contributed by atoms with Gasteiger partial charge in [-0.25, -0.2) is 4.39 Å². The summed E-state index contributed by atoms with van der Waals surface area (Å²) >= 11 is 0. The quantitative estimate of drug-likeness (QED) is 0.913. The molecule has 0 radical (unpaired) electrons. The Labute approximate surface area is 120 Å². The molecular formula is C16H24FN3. The minimum atomic E-state index is -0.0991. The van der Waals surface area contributed by atoms with Crippen molar-refractivity contribution in [1.82, 2.24) is 4.90 Å². The van der Waals surface area contributed by atoms with Gasteiger partial charge in [0.15, 0.2) is 0 Å². The predicted octanol–water partition coefficient (Wildman–Crippen LogP) is 2.00. The average molecular weight is 277 g/mol. The molecule has 2 heterocycles. The highest BCUT2D eigenvalue weighted by molar-refractivity contribution is 5.56. The maximum Gasteiger partial charge on any atom is 0.146 e. The van der Waals surface area contributed by atoms with Crippen molar-refractivity contribution in [2.75, 3.05) is 37.6 Å². The lowest BCUT2D eigenvalue weighted by Gasteiger charge is -2.26. The van der Waals surface area contributed by atoms with Gasteiger partial charge in [-0.2, -0.15) is 0 Å². The largest absolute Gasteiger partial charge is 0.367 e. The van der Waals surface area contributed by atoms with Crippen molar-refractivity contribution in [1.29, 1.82) is 0 Å². The number of anilines is 1. The Kier molecular flexibility index (Phi) is 4.22. The minimum Gasteiger partial charge on any atom is -0.367 e. The van der Waals surface area contributed by atoms with Crippen molar-refractivity contribution in [2.24, 2.45) is 5.73 Å². The molecule has 3 nitrogen and oxygen atoms in total. The number of para-hydroxylation sites is 1. The van der Waals surface area contributed by atoms with Crippen LogP contribution in [0.4, 0.5) is 10.1 Å². The first-order valence-electron chi connectivity index (χ1n) is 7.76. The molecule has 2 aliphatic heterocycles. The van der Waals surface area contributed by atoms with E-state index in [1.165, 1.54) is 25.9 Å². The molecule has 0 amide bonds. The third-order valence-corrected chi connectivity index (χ3v) is 4.62. The molecule has 2 aliphatic rings. The second-order valence-electron chi connectivity index (χ2n) is 5.92. The maximum absolute atomic E-state index is 14.2. The highest BCUT2D eigenvalue weighted by atomic mass is 19.1. The number of nitrogens with two attached hydrogens (primary N) is 1. The molecule has 4 heteroatoms. The SMILES string of the molecule is NCCc1cccc(F)c1N1CCC(N2CCCC2)C1. The number of hydrogen-bond acceptors (Lipinski definition) is 3. The lowest BCUT2D eigenvalue weighted by Crippen LogP contribution is -2.35. The summed E-state index contributed by atoms with van der Waals surface area (Å²) in [6.07, 6.45) is 4.53. The Bertz CT molecular complexity index is 457. The zero-order valence-corrected chi connectivity index (χ0v) is 12.0. The number of benzene rings is 1. The molecule has 2 saturated heterocycles. The molecular weight excluding hydrogens is 253 g/mol. The van der Waals surface area contributed by atoms with E-state index in [-0.39, 0.29) is 5.82 Å². The third-order valence-electron chi connectivity index (χ3n) is 4.62. The molecule has 0 aromatic heterocycles. The van der Waals surface area contributed by atoms with Gasteiger partial charge in [-0.15, -0.1) is 0 Å². The second kappa shape index (κ2) is 6.10. The maximum atomic E-state index is 14.2. The highest BCUT2D eigenvalue weighted by Gasteiger charge is 2.31. The standard InChI is InChI=1S/C16H24FN3/c17-15-5-3-4-13(6-8-18)16(15)20-11-7-14(12-20)19-9-1-2-10-19/h3-5,14H,1-2,6-12,18H2. The normalized spacial score (nSPS) is 23.7. The Morgan fingerprint density at radius 3 is 2.75 bits per heavy atom. The molecule has 20 heavy (non-hydrogen) atoms. The molecule has 0 saturated carbocycles. The summed E-state index contributed by atoms with van der Waals surface area (Å²) in [5.41, 5.74) is 7.50. The van der Waals surface area contributed by atoms with Gasteiger partial charge in [-0.3, -0.25) is 4.90 Å².